The number of aryl methyl sites for hydroxylation is 4. The second-order valence-electron chi connectivity index (χ2n) is 21.6. The van der Waals surface area contributed by atoms with E-state index >= 15 is 0 Å². The van der Waals surface area contributed by atoms with Gasteiger partial charge in [0.05, 0.1) is 5.41 Å². The fourth-order valence-corrected chi connectivity index (χ4v) is 13.3. The van der Waals surface area contributed by atoms with E-state index in [1.54, 1.807) is 11.1 Å². The Bertz CT molecular complexity index is 2880. The first-order valence-electron chi connectivity index (χ1n) is 27.6. The van der Waals surface area contributed by atoms with Crippen LogP contribution in [0.25, 0.3) is 22.3 Å². The molecule has 11 rings (SSSR count). The van der Waals surface area contributed by atoms with Crippen molar-refractivity contribution in [3.05, 3.63) is 207 Å². The quantitative estimate of drug-likeness (QED) is 0.0650. The van der Waals surface area contributed by atoms with Crippen molar-refractivity contribution in [3.8, 4) is 22.3 Å². The molecule has 1 atom stereocenters. The summed E-state index contributed by atoms with van der Waals surface area (Å²) in [5.41, 5.74) is 25.2. The van der Waals surface area contributed by atoms with Crippen LogP contribution < -0.4 is 4.90 Å². The lowest BCUT2D eigenvalue weighted by atomic mass is 9.65. The number of hydrogen-bond donors (Lipinski definition) is 0. The molecule has 0 amide bonds. The van der Waals surface area contributed by atoms with Gasteiger partial charge in [-0.1, -0.05) is 214 Å². The highest BCUT2D eigenvalue weighted by atomic mass is 15.1. The van der Waals surface area contributed by atoms with Crippen molar-refractivity contribution in [2.24, 2.45) is 0 Å². The SMILES string of the molecule is CCCCCCCCC1(CCCCCCCC)c2cc(C(C)CC)ccc2-c2ccc(N(c3ccccc3)c3ccc4c(c3)C(c3ccc5c(c3)CC5)(c3ccc5c(c3)CC5)c3ccccc3-4)cc21. The van der Waals surface area contributed by atoms with Crippen molar-refractivity contribution in [2.75, 3.05) is 4.90 Å². The molecule has 7 aromatic carbocycles. The molecule has 0 spiro atoms. The molecule has 0 fully saturated rings. The van der Waals surface area contributed by atoms with Crippen molar-refractivity contribution in [1.29, 1.82) is 0 Å². The smallest absolute Gasteiger partial charge is 0.0714 e. The van der Waals surface area contributed by atoms with Crippen molar-refractivity contribution >= 4 is 17.1 Å². The van der Waals surface area contributed by atoms with E-state index in [1.807, 2.05) is 0 Å². The molecule has 0 heterocycles. The normalized spacial score (nSPS) is 15.5. The molecule has 0 saturated carbocycles. The zero-order valence-corrected chi connectivity index (χ0v) is 42.3. The third-order valence-corrected chi connectivity index (χ3v) is 17.6. The summed E-state index contributed by atoms with van der Waals surface area (Å²) in [6.07, 6.45) is 24.2. The van der Waals surface area contributed by atoms with Crippen LogP contribution in [0.3, 0.4) is 0 Å². The Hall–Kier alpha value is -5.66. The third kappa shape index (κ3) is 8.01. The summed E-state index contributed by atoms with van der Waals surface area (Å²) in [6.45, 7) is 9.46. The van der Waals surface area contributed by atoms with Crippen molar-refractivity contribution in [2.45, 2.75) is 166 Å². The number of rotatable bonds is 21. The Morgan fingerprint density at radius 1 is 0.406 bits per heavy atom. The summed E-state index contributed by atoms with van der Waals surface area (Å²) < 4.78 is 0. The second-order valence-corrected chi connectivity index (χ2v) is 21.6. The minimum absolute atomic E-state index is 0.0134. The first-order chi connectivity index (χ1) is 34.0. The lowest BCUT2D eigenvalue weighted by Crippen LogP contribution is -2.30. The Balaban J connectivity index is 1.08. The molecule has 1 heteroatoms. The van der Waals surface area contributed by atoms with E-state index in [0.717, 1.165) is 6.42 Å². The van der Waals surface area contributed by atoms with Crippen molar-refractivity contribution < 1.29 is 0 Å². The van der Waals surface area contributed by atoms with Crippen LogP contribution in [0.2, 0.25) is 0 Å². The van der Waals surface area contributed by atoms with Gasteiger partial charge in [-0.15, -0.1) is 0 Å². The molecule has 1 nitrogen and oxygen atoms in total. The summed E-state index contributed by atoms with van der Waals surface area (Å²) >= 11 is 0. The topological polar surface area (TPSA) is 3.24 Å². The summed E-state index contributed by atoms with van der Waals surface area (Å²) in [5, 5.41) is 0. The van der Waals surface area contributed by atoms with Gasteiger partial charge in [0.15, 0.2) is 0 Å². The highest BCUT2D eigenvalue weighted by Gasteiger charge is 2.48. The van der Waals surface area contributed by atoms with E-state index in [2.05, 4.69) is 178 Å². The average molecular weight is 906 g/mol. The lowest BCUT2D eigenvalue weighted by Gasteiger charge is -2.37. The number of unbranched alkanes of at least 4 members (excludes halogenated alkanes) is 10. The Morgan fingerprint density at radius 2 is 0.899 bits per heavy atom. The maximum Gasteiger partial charge on any atom is 0.0714 e. The van der Waals surface area contributed by atoms with E-state index in [0.29, 0.717) is 5.92 Å². The fourth-order valence-electron chi connectivity index (χ4n) is 13.3. The molecule has 4 aliphatic rings. The molecule has 0 radical (unpaired) electrons. The van der Waals surface area contributed by atoms with E-state index in [1.165, 1.54) is 205 Å². The van der Waals surface area contributed by atoms with Gasteiger partial charge in [0, 0.05) is 22.5 Å². The zero-order valence-electron chi connectivity index (χ0n) is 42.3. The monoisotopic (exact) mass is 906 g/mol. The van der Waals surface area contributed by atoms with E-state index in [-0.39, 0.29) is 5.41 Å². The number of para-hydroxylation sites is 1. The maximum absolute atomic E-state index is 2.68. The Labute approximate surface area is 415 Å². The van der Waals surface area contributed by atoms with Crippen molar-refractivity contribution in [3.63, 3.8) is 0 Å². The predicted molar refractivity (Wildman–Crippen MR) is 294 cm³/mol. The number of anilines is 3. The molecule has 69 heavy (non-hydrogen) atoms. The fraction of sp³-hybridized carbons (Fsp3) is 0.382. The largest absolute Gasteiger partial charge is 0.310 e. The van der Waals surface area contributed by atoms with Gasteiger partial charge in [-0.25, -0.2) is 0 Å². The first kappa shape index (κ1) is 45.8. The van der Waals surface area contributed by atoms with Crippen LogP contribution in [0, 0.1) is 0 Å². The van der Waals surface area contributed by atoms with Gasteiger partial charge < -0.3 is 4.90 Å². The van der Waals surface area contributed by atoms with Crippen LogP contribution in [0.15, 0.2) is 146 Å². The summed E-state index contributed by atoms with van der Waals surface area (Å²) in [4.78, 5) is 2.59. The highest BCUT2D eigenvalue weighted by Crippen LogP contribution is 2.60. The molecular formula is C68H75N. The number of nitrogens with zero attached hydrogens (tertiary/aromatic N) is 1. The van der Waals surface area contributed by atoms with Crippen LogP contribution in [0.1, 0.15) is 191 Å². The molecule has 352 valence electrons. The van der Waals surface area contributed by atoms with Gasteiger partial charge in [0.2, 0.25) is 0 Å². The zero-order chi connectivity index (χ0) is 47.0. The molecule has 4 aliphatic carbocycles. The standard InChI is InChI=1S/C68H75N/c1-5-8-10-12-14-21-41-67(42-22-15-13-11-9-6-2)64-45-51(48(4)7-3)33-38-60(64)61-39-36-57(46-65(61)67)69(56-23-17-16-18-24-56)58-37-40-62-59-25-19-20-26-63(59)68(66(62)47-58,54-34-31-49-27-29-52(49)43-54)55-35-32-50-28-30-53(50)44-55/h16-20,23-26,31-40,43-48H,5-15,21-22,27-30,41-42H2,1-4H3. The molecule has 1 unspecified atom stereocenters. The second kappa shape index (κ2) is 19.6. The number of hydrogen-bond acceptors (Lipinski definition) is 1. The lowest BCUT2D eigenvalue weighted by molar-refractivity contribution is 0.397. The molecule has 0 aliphatic heterocycles. The van der Waals surface area contributed by atoms with Gasteiger partial charge >= 0.3 is 0 Å². The molecule has 0 aromatic heterocycles. The first-order valence-corrected chi connectivity index (χ1v) is 27.6. The van der Waals surface area contributed by atoms with Gasteiger partial charge in [-0.2, -0.15) is 0 Å². The summed E-state index contributed by atoms with van der Waals surface area (Å²) in [6, 6.07) is 58.3. The number of benzene rings is 7. The van der Waals surface area contributed by atoms with Crippen LogP contribution in [0.5, 0.6) is 0 Å². The van der Waals surface area contributed by atoms with Crippen LogP contribution >= 0.6 is 0 Å². The molecular weight excluding hydrogens is 831 g/mol. The van der Waals surface area contributed by atoms with Crippen LogP contribution in [-0.2, 0) is 36.5 Å². The highest BCUT2D eigenvalue weighted by molar-refractivity contribution is 5.91. The van der Waals surface area contributed by atoms with Crippen molar-refractivity contribution in [1.82, 2.24) is 0 Å². The number of fused-ring (bicyclic) bond motifs is 8. The van der Waals surface area contributed by atoms with E-state index < -0.39 is 5.41 Å². The Morgan fingerprint density at radius 3 is 1.46 bits per heavy atom. The summed E-state index contributed by atoms with van der Waals surface area (Å²) in [5.74, 6) is 0.543. The summed E-state index contributed by atoms with van der Waals surface area (Å²) in [7, 11) is 0. The van der Waals surface area contributed by atoms with Gasteiger partial charge in [0.25, 0.3) is 0 Å². The minimum atomic E-state index is -0.435. The van der Waals surface area contributed by atoms with E-state index in [9.17, 15) is 0 Å². The molecule has 0 bridgehead atoms. The van der Waals surface area contributed by atoms with Gasteiger partial charge in [0.1, 0.15) is 0 Å². The maximum atomic E-state index is 2.68. The van der Waals surface area contributed by atoms with Gasteiger partial charge in [-0.3, -0.25) is 0 Å². The van der Waals surface area contributed by atoms with E-state index in [4.69, 9.17) is 0 Å². The van der Waals surface area contributed by atoms with Gasteiger partial charge in [-0.05, 0) is 171 Å². The third-order valence-electron chi connectivity index (χ3n) is 17.6. The molecule has 0 saturated heterocycles. The van der Waals surface area contributed by atoms with Crippen LogP contribution in [0.4, 0.5) is 17.1 Å². The average Bonchev–Trinajstić information content (AvgIpc) is 3.81. The predicted octanol–water partition coefficient (Wildman–Crippen LogP) is 19.0. The minimum Gasteiger partial charge on any atom is -0.310 e. The Kier molecular flexibility index (Phi) is 13.0. The molecule has 7 aromatic rings. The van der Waals surface area contributed by atoms with Crippen LogP contribution in [-0.4, -0.2) is 0 Å². The molecule has 0 N–H and O–H groups in total.